The molecule has 0 aliphatic carbocycles. The second-order valence-corrected chi connectivity index (χ2v) is 11.0. The fraction of sp³-hybridized carbons (Fsp3) is 0.0909. The highest BCUT2D eigenvalue weighted by molar-refractivity contribution is 6.17. The lowest BCUT2D eigenvalue weighted by molar-refractivity contribution is -0.288. The van der Waals surface area contributed by atoms with Crippen LogP contribution >= 0.6 is 0 Å². The second-order valence-electron chi connectivity index (χ2n) is 11.0. The lowest BCUT2D eigenvalue weighted by Gasteiger charge is -2.38. The van der Waals surface area contributed by atoms with Gasteiger partial charge in [0.1, 0.15) is 11.5 Å². The van der Waals surface area contributed by atoms with Gasteiger partial charge in [-0.1, -0.05) is 12.1 Å². The molecule has 2 amide bonds. The topological polar surface area (TPSA) is 185 Å². The predicted molar refractivity (Wildman–Crippen MR) is 157 cm³/mol. The minimum atomic E-state index is -6.21. The van der Waals surface area contributed by atoms with Gasteiger partial charge in [-0.2, -0.15) is 26.3 Å². The molecule has 260 valence electrons. The molecule has 0 saturated carbocycles. The number of carbonyl (C=O) groups is 6. The van der Waals surface area contributed by atoms with Crippen LogP contribution < -0.4 is 10.6 Å². The summed E-state index contributed by atoms with van der Waals surface area (Å²) in [5.41, 5.74) is -11.7. The van der Waals surface area contributed by atoms with Crippen molar-refractivity contribution in [2.75, 3.05) is 10.6 Å². The number of ether oxygens (including phenoxy) is 2. The van der Waals surface area contributed by atoms with Crippen molar-refractivity contribution < 1.29 is 74.8 Å². The van der Waals surface area contributed by atoms with Crippen molar-refractivity contribution in [3.8, 4) is 11.5 Å². The van der Waals surface area contributed by atoms with Gasteiger partial charge in [0.25, 0.3) is 11.8 Å². The number of phenols is 2. The van der Waals surface area contributed by atoms with E-state index < -0.39 is 87.5 Å². The summed E-state index contributed by atoms with van der Waals surface area (Å²) in [5, 5.41) is 24.7. The number of nitrogens with one attached hydrogen (secondary N) is 2. The summed E-state index contributed by atoms with van der Waals surface area (Å²) < 4.78 is 98.8. The van der Waals surface area contributed by atoms with Crippen LogP contribution in [0, 0.1) is 0 Å². The molecule has 2 aliphatic heterocycles. The summed E-state index contributed by atoms with van der Waals surface area (Å²) in [6.45, 7) is 0. The summed E-state index contributed by atoms with van der Waals surface area (Å²) >= 11 is 0. The zero-order chi connectivity index (χ0) is 37.2. The minimum Gasteiger partial charge on any atom is -0.506 e. The summed E-state index contributed by atoms with van der Waals surface area (Å²) in [5.74, 6) is -8.55. The van der Waals surface area contributed by atoms with Gasteiger partial charge in [0, 0.05) is 11.1 Å². The Kier molecular flexibility index (Phi) is 7.84. The standard InChI is InChI=1S/C33H16F6N2O10/c34-32(35,36)31(33(37,38)39,15-3-7-23(42)21(11-15)40-25(44)13-1-5-17-19(9-13)29(48)50-27(17)46)16-4-8-24(43)22(12-16)41-26(45)14-2-6-18-20(10-14)30(49)51-28(18)47/h1-12,42-43H,(H,40,44)(H,41,45). The summed E-state index contributed by atoms with van der Waals surface area (Å²) in [6, 6.07) is 7.87. The number of cyclic esters (lactones) is 4. The third kappa shape index (κ3) is 5.55. The molecule has 4 N–H and O–H groups in total. The molecule has 2 aliphatic rings. The number of benzene rings is 4. The predicted octanol–water partition coefficient (Wildman–Crippen LogP) is 5.63. The van der Waals surface area contributed by atoms with Gasteiger partial charge in [0.15, 0.2) is 0 Å². The van der Waals surface area contributed by atoms with Crippen molar-refractivity contribution in [3.05, 3.63) is 117 Å². The maximum absolute atomic E-state index is 15.0. The Morgan fingerprint density at radius 2 is 0.863 bits per heavy atom. The molecule has 12 nitrogen and oxygen atoms in total. The van der Waals surface area contributed by atoms with Gasteiger partial charge in [-0.15, -0.1) is 0 Å². The number of amides is 2. The molecular weight excluding hydrogens is 698 g/mol. The average molecular weight is 714 g/mol. The summed E-state index contributed by atoms with van der Waals surface area (Å²) in [7, 11) is 0. The Hall–Kier alpha value is -6.72. The SMILES string of the molecule is O=C(Nc1cc(C(c2ccc(O)c(NC(=O)c3ccc4c(c3)C(=O)OC4=O)c2)(C(F)(F)F)C(F)(F)F)ccc1O)c1ccc2c(c1)C(=O)OC2=O. The lowest BCUT2D eigenvalue weighted by Crippen LogP contribution is -2.54. The Balaban J connectivity index is 1.40. The highest BCUT2D eigenvalue weighted by Gasteiger charge is 2.72. The molecule has 51 heavy (non-hydrogen) atoms. The summed E-state index contributed by atoms with van der Waals surface area (Å²) in [6.07, 6.45) is -12.4. The van der Waals surface area contributed by atoms with Crippen LogP contribution in [0.2, 0.25) is 0 Å². The average Bonchev–Trinajstić information content (AvgIpc) is 3.50. The first-order valence-electron chi connectivity index (χ1n) is 14.1. The normalized spacial score (nSPS) is 14.1. The highest BCUT2D eigenvalue weighted by atomic mass is 19.4. The number of hydrogen-bond donors (Lipinski definition) is 4. The first-order chi connectivity index (χ1) is 23.8. The van der Waals surface area contributed by atoms with Gasteiger partial charge in [0.2, 0.25) is 5.41 Å². The molecule has 6 rings (SSSR count). The molecule has 0 atom stereocenters. The third-order valence-electron chi connectivity index (χ3n) is 8.02. The van der Waals surface area contributed by atoms with Gasteiger partial charge >= 0.3 is 36.2 Å². The van der Waals surface area contributed by atoms with E-state index in [2.05, 4.69) is 9.47 Å². The number of fused-ring (bicyclic) bond motifs is 2. The smallest absolute Gasteiger partial charge is 0.411 e. The monoisotopic (exact) mass is 714 g/mol. The van der Waals surface area contributed by atoms with Gasteiger partial charge in [0.05, 0.1) is 33.6 Å². The molecule has 4 aromatic carbocycles. The molecule has 0 spiro atoms. The molecule has 0 bridgehead atoms. The Bertz CT molecular complexity index is 2090. The van der Waals surface area contributed by atoms with E-state index in [4.69, 9.17) is 0 Å². The number of carbonyl (C=O) groups excluding carboxylic acids is 6. The van der Waals surface area contributed by atoms with Crippen LogP contribution in [0.5, 0.6) is 11.5 Å². The van der Waals surface area contributed by atoms with E-state index in [9.17, 15) is 65.3 Å². The number of alkyl halides is 6. The number of aromatic hydroxyl groups is 2. The van der Waals surface area contributed by atoms with E-state index in [1.807, 2.05) is 10.6 Å². The number of esters is 4. The molecule has 0 radical (unpaired) electrons. The van der Waals surface area contributed by atoms with Crippen molar-refractivity contribution in [2.45, 2.75) is 17.8 Å². The molecule has 0 unspecified atom stereocenters. The largest absolute Gasteiger partial charge is 0.506 e. The fourth-order valence-corrected chi connectivity index (χ4v) is 5.56. The second kappa shape index (κ2) is 11.7. The number of hydrogen-bond acceptors (Lipinski definition) is 10. The van der Waals surface area contributed by atoms with Crippen molar-refractivity contribution in [2.24, 2.45) is 0 Å². The molecule has 0 aromatic heterocycles. The first kappa shape index (κ1) is 34.2. The van der Waals surface area contributed by atoms with E-state index in [1.165, 1.54) is 0 Å². The Labute approximate surface area is 279 Å². The van der Waals surface area contributed by atoms with E-state index in [0.29, 0.717) is 24.3 Å². The highest BCUT2D eigenvalue weighted by Crippen LogP contribution is 2.57. The van der Waals surface area contributed by atoms with Crippen LogP contribution in [0.3, 0.4) is 0 Å². The molecule has 2 heterocycles. The van der Waals surface area contributed by atoms with Crippen LogP contribution in [-0.4, -0.2) is 58.3 Å². The fourth-order valence-electron chi connectivity index (χ4n) is 5.56. The Morgan fingerprint density at radius 1 is 0.510 bits per heavy atom. The zero-order valence-corrected chi connectivity index (χ0v) is 24.9. The Morgan fingerprint density at radius 3 is 1.22 bits per heavy atom. The van der Waals surface area contributed by atoms with E-state index in [1.54, 1.807) is 0 Å². The van der Waals surface area contributed by atoms with Gasteiger partial charge in [-0.05, 0) is 71.8 Å². The van der Waals surface area contributed by atoms with Crippen molar-refractivity contribution >= 4 is 47.1 Å². The van der Waals surface area contributed by atoms with Crippen LogP contribution in [0.1, 0.15) is 73.3 Å². The van der Waals surface area contributed by atoms with Gasteiger partial charge in [-0.25, -0.2) is 19.2 Å². The van der Waals surface area contributed by atoms with Crippen LogP contribution in [0.15, 0.2) is 72.8 Å². The van der Waals surface area contributed by atoms with Crippen LogP contribution in [-0.2, 0) is 14.9 Å². The van der Waals surface area contributed by atoms with Gasteiger partial charge in [-0.3, -0.25) is 9.59 Å². The summed E-state index contributed by atoms with van der Waals surface area (Å²) in [4.78, 5) is 73.1. The van der Waals surface area contributed by atoms with Gasteiger partial charge < -0.3 is 30.3 Å². The number of phenolic OH excluding ortho intramolecular Hbond substituents is 2. The van der Waals surface area contributed by atoms with Crippen molar-refractivity contribution in [1.29, 1.82) is 0 Å². The minimum absolute atomic E-state index is 0.195. The molecule has 0 fully saturated rings. The van der Waals surface area contributed by atoms with E-state index in [0.717, 1.165) is 36.4 Å². The van der Waals surface area contributed by atoms with Crippen molar-refractivity contribution in [1.82, 2.24) is 0 Å². The quantitative estimate of drug-likeness (QED) is 0.0844. The van der Waals surface area contributed by atoms with E-state index in [-0.39, 0.29) is 45.5 Å². The number of halogens is 6. The molecule has 0 saturated heterocycles. The zero-order valence-electron chi connectivity index (χ0n) is 24.9. The first-order valence-corrected chi connectivity index (χ1v) is 14.1. The molecular formula is C33H16F6N2O10. The van der Waals surface area contributed by atoms with Crippen molar-refractivity contribution in [3.63, 3.8) is 0 Å². The number of rotatable bonds is 6. The lowest BCUT2D eigenvalue weighted by atomic mass is 9.72. The van der Waals surface area contributed by atoms with E-state index >= 15 is 0 Å². The maximum Gasteiger partial charge on any atom is 0.411 e. The number of anilines is 2. The molecule has 4 aromatic rings. The molecule has 18 heteroatoms. The maximum atomic E-state index is 15.0. The van der Waals surface area contributed by atoms with Crippen LogP contribution in [0.4, 0.5) is 37.7 Å². The third-order valence-corrected chi connectivity index (χ3v) is 8.02. The van der Waals surface area contributed by atoms with Crippen LogP contribution in [0.25, 0.3) is 0 Å².